The number of benzene rings is 1. The predicted octanol–water partition coefficient (Wildman–Crippen LogP) is 1.12. The number of aryl methyl sites for hydroxylation is 2. The second kappa shape index (κ2) is 5.49. The fourth-order valence-electron chi connectivity index (χ4n) is 2.58. The molecule has 1 aromatic carbocycles. The maximum absolute atomic E-state index is 12.1. The first-order chi connectivity index (χ1) is 10.5. The van der Waals surface area contributed by atoms with E-state index in [4.69, 9.17) is 0 Å². The van der Waals surface area contributed by atoms with Crippen molar-refractivity contribution in [1.29, 1.82) is 0 Å². The molecule has 1 saturated heterocycles. The number of fused-ring (bicyclic) bond motifs is 1. The summed E-state index contributed by atoms with van der Waals surface area (Å²) < 4.78 is 2.91. The summed E-state index contributed by atoms with van der Waals surface area (Å²) in [4.78, 5) is 40.7. The van der Waals surface area contributed by atoms with Gasteiger partial charge in [0.05, 0.1) is 10.2 Å². The van der Waals surface area contributed by atoms with E-state index < -0.39 is 5.91 Å². The minimum Gasteiger partial charge on any atom is -0.319 e. The van der Waals surface area contributed by atoms with E-state index in [1.807, 2.05) is 36.7 Å². The van der Waals surface area contributed by atoms with Crippen LogP contribution in [0.2, 0.25) is 0 Å². The molecular formula is C15H15N3O3S. The molecule has 3 rings (SSSR count). The number of carbonyl (C=O) groups excluding carboxylic acids is 3. The average Bonchev–Trinajstić information content (AvgIpc) is 2.94. The van der Waals surface area contributed by atoms with Crippen LogP contribution in [0, 0.1) is 6.92 Å². The predicted molar refractivity (Wildman–Crippen MR) is 82.1 cm³/mol. The molecule has 0 spiro atoms. The van der Waals surface area contributed by atoms with Crippen molar-refractivity contribution in [3.63, 3.8) is 0 Å². The number of nitrogens with zero attached hydrogens (tertiary/aromatic N) is 3. The van der Waals surface area contributed by atoms with Gasteiger partial charge in [0.2, 0.25) is 11.8 Å². The first-order valence-electron chi connectivity index (χ1n) is 6.93. The smallest absolute Gasteiger partial charge is 0.268 e. The van der Waals surface area contributed by atoms with Crippen molar-refractivity contribution in [2.24, 2.45) is 12.0 Å². The molecule has 1 fully saturated rings. The van der Waals surface area contributed by atoms with Gasteiger partial charge in [-0.2, -0.15) is 4.99 Å². The summed E-state index contributed by atoms with van der Waals surface area (Å²) in [6.45, 7) is 1.73. The van der Waals surface area contributed by atoms with Crippen molar-refractivity contribution in [1.82, 2.24) is 9.47 Å². The number of thiazole rings is 1. The van der Waals surface area contributed by atoms with Crippen LogP contribution in [0.1, 0.15) is 18.4 Å². The van der Waals surface area contributed by atoms with Crippen LogP contribution in [0.5, 0.6) is 0 Å². The van der Waals surface area contributed by atoms with Gasteiger partial charge in [-0.25, -0.2) is 0 Å². The van der Waals surface area contributed by atoms with Crippen LogP contribution in [-0.4, -0.2) is 33.7 Å². The standard InChI is InChI=1S/C15H15N3O3S/c1-9-4-3-5-10-14(9)17(2)15(22-10)16-11(19)8-18-12(20)6-7-13(18)21/h3-5H,6-8H2,1-2H3. The molecule has 1 aliphatic heterocycles. The Hall–Kier alpha value is -2.28. The van der Waals surface area contributed by atoms with Crippen LogP contribution >= 0.6 is 11.3 Å². The van der Waals surface area contributed by atoms with Crippen molar-refractivity contribution in [2.75, 3.05) is 6.54 Å². The summed E-state index contributed by atoms with van der Waals surface area (Å²) in [5.74, 6) is -1.08. The summed E-state index contributed by atoms with van der Waals surface area (Å²) in [7, 11) is 1.85. The Morgan fingerprint density at radius 3 is 2.59 bits per heavy atom. The second-order valence-electron chi connectivity index (χ2n) is 5.24. The highest BCUT2D eigenvalue weighted by atomic mass is 32.1. The molecule has 1 aromatic heterocycles. The largest absolute Gasteiger partial charge is 0.319 e. The van der Waals surface area contributed by atoms with Crippen molar-refractivity contribution < 1.29 is 14.4 Å². The number of imide groups is 1. The first kappa shape index (κ1) is 14.6. The van der Waals surface area contributed by atoms with E-state index in [-0.39, 0.29) is 31.2 Å². The Morgan fingerprint density at radius 2 is 1.95 bits per heavy atom. The molecule has 0 aliphatic carbocycles. The Bertz CT molecular complexity index is 847. The highest BCUT2D eigenvalue weighted by Crippen LogP contribution is 2.19. The van der Waals surface area contributed by atoms with Crippen LogP contribution in [0.25, 0.3) is 10.2 Å². The fourth-order valence-corrected chi connectivity index (χ4v) is 3.69. The number of likely N-dealkylation sites (tertiary alicyclic amines) is 1. The van der Waals surface area contributed by atoms with E-state index in [0.717, 1.165) is 20.7 Å². The van der Waals surface area contributed by atoms with E-state index in [2.05, 4.69) is 4.99 Å². The summed E-state index contributed by atoms with van der Waals surface area (Å²) in [6, 6.07) is 5.94. The van der Waals surface area contributed by atoms with Crippen LogP contribution in [0.4, 0.5) is 0 Å². The fraction of sp³-hybridized carbons (Fsp3) is 0.333. The summed E-state index contributed by atoms with van der Waals surface area (Å²) >= 11 is 1.41. The minimum absolute atomic E-state index is 0.183. The number of amides is 3. The van der Waals surface area contributed by atoms with Gasteiger partial charge in [0, 0.05) is 19.9 Å². The van der Waals surface area contributed by atoms with Gasteiger partial charge in [0.15, 0.2) is 4.80 Å². The topological polar surface area (TPSA) is 71.7 Å². The number of rotatable bonds is 2. The van der Waals surface area contributed by atoms with E-state index >= 15 is 0 Å². The van der Waals surface area contributed by atoms with Crippen molar-refractivity contribution in [3.05, 3.63) is 28.6 Å². The van der Waals surface area contributed by atoms with Crippen LogP contribution in [0.15, 0.2) is 23.2 Å². The highest BCUT2D eigenvalue weighted by Gasteiger charge is 2.30. The summed E-state index contributed by atoms with van der Waals surface area (Å²) in [5, 5.41) is 0. The van der Waals surface area contributed by atoms with Gasteiger partial charge >= 0.3 is 0 Å². The molecule has 0 bridgehead atoms. The number of aromatic nitrogens is 1. The molecule has 22 heavy (non-hydrogen) atoms. The molecule has 2 aromatic rings. The third-order valence-electron chi connectivity index (χ3n) is 3.69. The number of para-hydroxylation sites is 1. The molecule has 3 amide bonds. The summed E-state index contributed by atoms with van der Waals surface area (Å²) in [5.41, 5.74) is 2.14. The minimum atomic E-state index is -0.483. The lowest BCUT2D eigenvalue weighted by atomic mass is 10.2. The molecule has 0 atom stereocenters. The molecule has 0 unspecified atom stereocenters. The summed E-state index contributed by atoms with van der Waals surface area (Å²) in [6.07, 6.45) is 0.365. The Balaban J connectivity index is 1.93. The van der Waals surface area contributed by atoms with Crippen molar-refractivity contribution in [3.8, 4) is 0 Å². The number of carbonyl (C=O) groups is 3. The normalized spacial score (nSPS) is 16.1. The lowest BCUT2D eigenvalue weighted by Crippen LogP contribution is -2.34. The molecule has 0 saturated carbocycles. The molecular weight excluding hydrogens is 302 g/mol. The third-order valence-corrected chi connectivity index (χ3v) is 4.79. The second-order valence-corrected chi connectivity index (χ2v) is 6.25. The van der Waals surface area contributed by atoms with E-state index in [9.17, 15) is 14.4 Å². The molecule has 0 N–H and O–H groups in total. The highest BCUT2D eigenvalue weighted by molar-refractivity contribution is 7.16. The monoisotopic (exact) mass is 317 g/mol. The third kappa shape index (κ3) is 2.48. The average molecular weight is 317 g/mol. The zero-order valence-electron chi connectivity index (χ0n) is 12.3. The molecule has 6 nitrogen and oxygen atoms in total. The lowest BCUT2D eigenvalue weighted by molar-refractivity contribution is -0.141. The molecule has 1 aliphatic rings. The van der Waals surface area contributed by atoms with Gasteiger partial charge < -0.3 is 4.57 Å². The van der Waals surface area contributed by atoms with Gasteiger partial charge in [0.1, 0.15) is 6.54 Å². The lowest BCUT2D eigenvalue weighted by Gasteiger charge is -2.09. The van der Waals surface area contributed by atoms with Gasteiger partial charge in [-0.05, 0) is 18.6 Å². The number of hydrogen-bond donors (Lipinski definition) is 0. The van der Waals surface area contributed by atoms with E-state index in [1.165, 1.54) is 11.3 Å². The van der Waals surface area contributed by atoms with Crippen LogP contribution in [-0.2, 0) is 21.4 Å². The van der Waals surface area contributed by atoms with E-state index in [0.29, 0.717) is 4.80 Å². The molecule has 114 valence electrons. The van der Waals surface area contributed by atoms with Crippen molar-refractivity contribution in [2.45, 2.75) is 19.8 Å². The van der Waals surface area contributed by atoms with Gasteiger partial charge in [-0.15, -0.1) is 0 Å². The van der Waals surface area contributed by atoms with Gasteiger partial charge in [-0.1, -0.05) is 23.5 Å². The Kier molecular flexibility index (Phi) is 3.66. The molecule has 2 heterocycles. The van der Waals surface area contributed by atoms with Crippen LogP contribution in [0.3, 0.4) is 0 Å². The van der Waals surface area contributed by atoms with Crippen molar-refractivity contribution >= 4 is 39.3 Å². The van der Waals surface area contributed by atoms with Gasteiger partial charge in [-0.3, -0.25) is 19.3 Å². The van der Waals surface area contributed by atoms with Crippen LogP contribution < -0.4 is 4.80 Å². The zero-order chi connectivity index (χ0) is 15.9. The number of hydrogen-bond acceptors (Lipinski definition) is 4. The molecule has 7 heteroatoms. The maximum Gasteiger partial charge on any atom is 0.268 e. The molecule has 0 radical (unpaired) electrons. The Morgan fingerprint density at radius 1 is 1.27 bits per heavy atom. The maximum atomic E-state index is 12.1. The van der Waals surface area contributed by atoms with Gasteiger partial charge in [0.25, 0.3) is 5.91 Å². The zero-order valence-corrected chi connectivity index (χ0v) is 13.1. The quantitative estimate of drug-likeness (QED) is 0.779. The first-order valence-corrected chi connectivity index (χ1v) is 7.75. The Labute approximate surface area is 130 Å². The van der Waals surface area contributed by atoms with E-state index in [1.54, 1.807) is 0 Å². The SMILES string of the molecule is Cc1cccc2sc(=NC(=O)CN3C(=O)CCC3=O)n(C)c12.